The molecule has 0 spiro atoms. The van der Waals surface area contributed by atoms with Gasteiger partial charge in [-0.25, -0.2) is 0 Å². The maximum absolute atomic E-state index is 12.4. The fourth-order valence-electron chi connectivity index (χ4n) is 7.11. The summed E-state index contributed by atoms with van der Waals surface area (Å²) in [7, 11) is 0. The molecule has 0 radical (unpaired) electrons. The second kappa shape index (κ2) is 53.9. The first-order chi connectivity index (χ1) is 31.7. The number of allylic oxidation sites excluding steroid dienone is 21. The van der Waals surface area contributed by atoms with Crippen molar-refractivity contribution < 1.29 is 15.0 Å². The Morgan fingerprint density at radius 1 is 0.391 bits per heavy atom. The van der Waals surface area contributed by atoms with E-state index in [1.807, 2.05) is 6.08 Å². The van der Waals surface area contributed by atoms with E-state index in [2.05, 4.69) is 141 Å². The first-order valence-corrected chi connectivity index (χ1v) is 26.4. The van der Waals surface area contributed by atoms with Crippen LogP contribution in [0.1, 0.15) is 219 Å². The molecule has 0 aromatic heterocycles. The third-order valence-electron chi connectivity index (χ3n) is 11.1. The minimum absolute atomic E-state index is 0.0925. The summed E-state index contributed by atoms with van der Waals surface area (Å²) in [5, 5.41) is 23.1. The van der Waals surface area contributed by atoms with Crippen molar-refractivity contribution in [2.75, 3.05) is 6.61 Å². The van der Waals surface area contributed by atoms with Gasteiger partial charge in [0, 0.05) is 6.42 Å². The monoisotopic (exact) mass is 882 g/mol. The second-order valence-corrected chi connectivity index (χ2v) is 17.2. The van der Waals surface area contributed by atoms with E-state index in [9.17, 15) is 15.0 Å². The molecular weight excluding hydrogens is 783 g/mol. The number of carbonyl (C=O) groups is 1. The van der Waals surface area contributed by atoms with Crippen molar-refractivity contribution >= 4 is 5.91 Å². The predicted octanol–water partition coefficient (Wildman–Crippen LogP) is 17.5. The normalized spacial score (nSPS) is 14.0. The van der Waals surface area contributed by atoms with E-state index in [0.717, 1.165) is 103 Å². The molecule has 0 saturated carbocycles. The SMILES string of the molecule is CC/C=C\C/C=C\C/C=C\C/C=C\C/C=C\C/C=C\C/C=C\C/C=C\CCCCCCCCCCC(=O)NC(CO)C(O)/C=C/CC/C=C/CC/C=C/CCCCCCCCCCC. The van der Waals surface area contributed by atoms with E-state index in [-0.39, 0.29) is 12.5 Å². The minimum atomic E-state index is -0.884. The van der Waals surface area contributed by atoms with Crippen molar-refractivity contribution in [3.63, 3.8) is 0 Å². The van der Waals surface area contributed by atoms with Crippen molar-refractivity contribution in [3.05, 3.63) is 134 Å². The average molecular weight is 882 g/mol. The summed E-state index contributed by atoms with van der Waals surface area (Å²) in [5.41, 5.74) is 0. The average Bonchev–Trinajstić information content (AvgIpc) is 3.30. The molecule has 1 amide bonds. The molecule has 0 heterocycles. The largest absolute Gasteiger partial charge is 0.394 e. The summed E-state index contributed by atoms with van der Waals surface area (Å²) < 4.78 is 0. The van der Waals surface area contributed by atoms with E-state index < -0.39 is 12.1 Å². The van der Waals surface area contributed by atoms with E-state index >= 15 is 0 Å². The summed E-state index contributed by atoms with van der Waals surface area (Å²) in [6, 6.07) is -0.660. The lowest BCUT2D eigenvalue weighted by Gasteiger charge is -2.19. The van der Waals surface area contributed by atoms with E-state index in [0.29, 0.717) is 6.42 Å². The van der Waals surface area contributed by atoms with Crippen LogP contribution < -0.4 is 5.32 Å². The highest BCUT2D eigenvalue weighted by Gasteiger charge is 2.17. The molecule has 0 fully saturated rings. The minimum Gasteiger partial charge on any atom is -0.394 e. The van der Waals surface area contributed by atoms with Gasteiger partial charge in [-0.05, 0) is 109 Å². The summed E-state index contributed by atoms with van der Waals surface area (Å²) in [5.74, 6) is -0.0925. The maximum Gasteiger partial charge on any atom is 0.220 e. The van der Waals surface area contributed by atoms with Gasteiger partial charge >= 0.3 is 0 Å². The lowest BCUT2D eigenvalue weighted by molar-refractivity contribution is -0.123. The van der Waals surface area contributed by atoms with Crippen LogP contribution in [0.5, 0.6) is 0 Å². The van der Waals surface area contributed by atoms with Crippen molar-refractivity contribution in [1.29, 1.82) is 0 Å². The van der Waals surface area contributed by atoms with Crippen LogP contribution in [0.25, 0.3) is 0 Å². The first-order valence-electron chi connectivity index (χ1n) is 26.4. The molecule has 0 aliphatic carbocycles. The van der Waals surface area contributed by atoms with Gasteiger partial charge < -0.3 is 15.5 Å². The molecule has 0 bridgehead atoms. The second-order valence-electron chi connectivity index (χ2n) is 17.2. The summed E-state index contributed by atoms with van der Waals surface area (Å²) in [4.78, 5) is 12.4. The molecule has 0 aliphatic heterocycles. The molecule has 0 aromatic rings. The van der Waals surface area contributed by atoms with Gasteiger partial charge in [0.1, 0.15) is 0 Å². The highest BCUT2D eigenvalue weighted by molar-refractivity contribution is 5.76. The third kappa shape index (κ3) is 49.5. The van der Waals surface area contributed by atoms with Crippen LogP contribution >= 0.6 is 0 Å². The fourth-order valence-corrected chi connectivity index (χ4v) is 7.11. The van der Waals surface area contributed by atoms with Crippen LogP contribution in [0.4, 0.5) is 0 Å². The van der Waals surface area contributed by atoms with Gasteiger partial charge in [-0.1, -0.05) is 237 Å². The van der Waals surface area contributed by atoms with Crippen molar-refractivity contribution in [2.24, 2.45) is 0 Å². The Balaban J connectivity index is 3.69. The number of nitrogens with one attached hydrogen (secondary N) is 1. The van der Waals surface area contributed by atoms with Gasteiger partial charge in [-0.2, -0.15) is 0 Å². The summed E-state index contributed by atoms with van der Waals surface area (Å²) in [6.45, 7) is 4.16. The van der Waals surface area contributed by atoms with Gasteiger partial charge in [0.05, 0.1) is 18.8 Å². The zero-order chi connectivity index (χ0) is 46.3. The van der Waals surface area contributed by atoms with E-state index in [1.54, 1.807) is 6.08 Å². The van der Waals surface area contributed by atoms with Crippen molar-refractivity contribution in [3.8, 4) is 0 Å². The number of aliphatic hydroxyl groups is 2. The standard InChI is InChI=1S/C60H99NO3/c1-3-5-7-9-11-13-15-17-19-21-23-24-25-26-27-28-29-30-31-32-33-34-35-36-38-40-42-44-46-48-50-52-54-56-60(64)61-58(57-62)59(63)55-53-51-49-47-45-43-41-39-37-22-20-18-16-14-12-10-8-6-4-2/h5,7,11,13,17,19,23-24,26-27,29-30,32-33,35-37,39,45,47,53,55,58-59,62-63H,3-4,6,8-10,12,14-16,18,20-22,25,28,31,34,38,40-44,46,48-52,54,56-57H2,1-2H3,(H,61,64)/b7-5-,13-11-,19-17-,24-23-,27-26-,30-29-,33-32-,36-35-,39-37+,47-45+,55-53+. The quantitative estimate of drug-likeness (QED) is 0.0421. The molecule has 0 aromatic carbocycles. The van der Waals surface area contributed by atoms with Gasteiger partial charge in [0.15, 0.2) is 0 Å². The van der Waals surface area contributed by atoms with E-state index in [4.69, 9.17) is 0 Å². The van der Waals surface area contributed by atoms with Crippen molar-refractivity contribution in [1.82, 2.24) is 5.32 Å². The summed E-state index contributed by atoms with van der Waals surface area (Å²) in [6.07, 6.45) is 84.4. The topological polar surface area (TPSA) is 69.6 Å². The lowest BCUT2D eigenvalue weighted by Crippen LogP contribution is -2.45. The molecule has 4 heteroatoms. The Morgan fingerprint density at radius 2 is 0.703 bits per heavy atom. The molecule has 3 N–H and O–H groups in total. The van der Waals surface area contributed by atoms with Crippen LogP contribution in [0.15, 0.2) is 134 Å². The molecule has 362 valence electrons. The first kappa shape index (κ1) is 60.5. The van der Waals surface area contributed by atoms with Gasteiger partial charge in [0.25, 0.3) is 0 Å². The van der Waals surface area contributed by atoms with Gasteiger partial charge in [-0.3, -0.25) is 4.79 Å². The zero-order valence-electron chi connectivity index (χ0n) is 41.5. The number of hydrogen-bond donors (Lipinski definition) is 3. The number of rotatable bonds is 46. The Kier molecular flexibility index (Phi) is 50.9. The number of unbranched alkanes of at least 4 members (excludes halogenated alkanes) is 19. The molecular formula is C60H99NO3. The Labute approximate surface area is 396 Å². The molecule has 0 saturated heterocycles. The number of amides is 1. The van der Waals surface area contributed by atoms with E-state index in [1.165, 1.54) is 96.3 Å². The smallest absolute Gasteiger partial charge is 0.220 e. The van der Waals surface area contributed by atoms with Crippen LogP contribution in [0, 0.1) is 0 Å². The maximum atomic E-state index is 12.4. The predicted molar refractivity (Wildman–Crippen MR) is 285 cm³/mol. The highest BCUT2D eigenvalue weighted by atomic mass is 16.3. The molecule has 0 rings (SSSR count). The van der Waals surface area contributed by atoms with Crippen LogP contribution in [0.3, 0.4) is 0 Å². The number of carbonyl (C=O) groups excluding carboxylic acids is 1. The third-order valence-corrected chi connectivity index (χ3v) is 11.1. The van der Waals surface area contributed by atoms with Crippen LogP contribution in [-0.2, 0) is 4.79 Å². The fraction of sp³-hybridized carbons (Fsp3) is 0.617. The molecule has 2 unspecified atom stereocenters. The summed E-state index contributed by atoms with van der Waals surface area (Å²) >= 11 is 0. The van der Waals surface area contributed by atoms with Crippen LogP contribution in [0.2, 0.25) is 0 Å². The Bertz CT molecular complexity index is 1320. The molecule has 64 heavy (non-hydrogen) atoms. The molecule has 4 nitrogen and oxygen atoms in total. The molecule has 0 aliphatic rings. The molecule has 2 atom stereocenters. The Hall–Kier alpha value is -3.47. The number of aliphatic hydroxyl groups excluding tert-OH is 2. The van der Waals surface area contributed by atoms with Gasteiger partial charge in [-0.15, -0.1) is 0 Å². The lowest BCUT2D eigenvalue weighted by atomic mass is 10.1. The zero-order valence-corrected chi connectivity index (χ0v) is 41.5. The van der Waals surface area contributed by atoms with Gasteiger partial charge in [0.2, 0.25) is 5.91 Å². The number of hydrogen-bond acceptors (Lipinski definition) is 3. The Morgan fingerprint density at radius 3 is 1.09 bits per heavy atom. The highest BCUT2D eigenvalue weighted by Crippen LogP contribution is 2.13. The van der Waals surface area contributed by atoms with Crippen LogP contribution in [-0.4, -0.2) is 34.9 Å². The van der Waals surface area contributed by atoms with Crippen molar-refractivity contribution in [2.45, 2.75) is 231 Å².